The zero-order valence-electron chi connectivity index (χ0n) is 15.1. The van der Waals surface area contributed by atoms with Crippen LogP contribution in [0.4, 0.5) is 0 Å². The monoisotopic (exact) mass is 431 g/mol. The summed E-state index contributed by atoms with van der Waals surface area (Å²) in [7, 11) is 0. The molecule has 1 amide bonds. The Bertz CT molecular complexity index is 1040. The molecule has 0 saturated carbocycles. The summed E-state index contributed by atoms with van der Waals surface area (Å²) < 4.78 is 7.37. The molecule has 0 N–H and O–H groups in total. The van der Waals surface area contributed by atoms with Gasteiger partial charge in [-0.1, -0.05) is 29.8 Å². The van der Waals surface area contributed by atoms with Crippen LogP contribution >= 0.6 is 34.7 Å². The number of hydrogen-bond donors (Lipinski definition) is 0. The Morgan fingerprint density at radius 1 is 1.25 bits per heavy atom. The maximum atomic E-state index is 13.2. The number of ether oxygens (including phenoxy) is 1. The third kappa shape index (κ3) is 3.26. The van der Waals surface area contributed by atoms with Crippen molar-refractivity contribution < 1.29 is 9.53 Å². The molecule has 5 nitrogen and oxygen atoms in total. The van der Waals surface area contributed by atoms with Crippen LogP contribution in [0.15, 0.2) is 40.6 Å². The first kappa shape index (κ1) is 18.2. The summed E-state index contributed by atoms with van der Waals surface area (Å²) in [6.45, 7) is 3.00. The minimum atomic E-state index is 0.00231. The smallest absolute Gasteiger partial charge is 0.274 e. The van der Waals surface area contributed by atoms with E-state index >= 15 is 0 Å². The van der Waals surface area contributed by atoms with Gasteiger partial charge in [-0.3, -0.25) is 9.48 Å². The van der Waals surface area contributed by atoms with Crippen LogP contribution in [-0.2, 0) is 17.0 Å². The lowest BCUT2D eigenvalue weighted by Gasteiger charge is -2.26. The molecule has 0 aliphatic carbocycles. The van der Waals surface area contributed by atoms with Crippen LogP contribution < -0.4 is 0 Å². The zero-order chi connectivity index (χ0) is 19.1. The molecule has 1 saturated heterocycles. The second-order valence-electron chi connectivity index (χ2n) is 6.75. The highest BCUT2D eigenvalue weighted by Gasteiger charge is 2.31. The van der Waals surface area contributed by atoms with Gasteiger partial charge in [-0.25, -0.2) is 0 Å². The molecule has 1 fully saturated rings. The molecule has 0 spiro atoms. The van der Waals surface area contributed by atoms with Gasteiger partial charge < -0.3 is 9.64 Å². The van der Waals surface area contributed by atoms with Crippen LogP contribution in [-0.4, -0.2) is 46.9 Å². The molecule has 4 heterocycles. The van der Waals surface area contributed by atoms with E-state index < -0.39 is 0 Å². The predicted octanol–water partition coefficient (Wildman–Crippen LogP) is 4.39. The van der Waals surface area contributed by atoms with Crippen LogP contribution in [0.2, 0.25) is 5.02 Å². The zero-order valence-corrected chi connectivity index (χ0v) is 17.4. The normalized spacial score (nSPS) is 16.0. The predicted molar refractivity (Wildman–Crippen MR) is 112 cm³/mol. The first-order valence-corrected chi connectivity index (χ1v) is 11.4. The molecular weight excluding hydrogens is 414 g/mol. The number of amides is 1. The summed E-state index contributed by atoms with van der Waals surface area (Å²) in [6.07, 6.45) is 0. The van der Waals surface area contributed by atoms with Crippen molar-refractivity contribution in [3.8, 4) is 11.3 Å². The molecule has 0 bridgehead atoms. The highest BCUT2D eigenvalue weighted by Crippen LogP contribution is 2.43. The van der Waals surface area contributed by atoms with Gasteiger partial charge in [0.25, 0.3) is 5.91 Å². The van der Waals surface area contributed by atoms with E-state index in [1.54, 1.807) is 23.1 Å². The van der Waals surface area contributed by atoms with Gasteiger partial charge in [-0.05, 0) is 12.1 Å². The number of carbonyl (C=O) groups excluding carboxylic acids is 1. The molecule has 0 radical (unpaired) electrons. The Balaban J connectivity index is 1.60. The first-order chi connectivity index (χ1) is 13.7. The molecule has 8 heteroatoms. The summed E-state index contributed by atoms with van der Waals surface area (Å²) in [5.41, 5.74) is 3.80. The van der Waals surface area contributed by atoms with Crippen LogP contribution in [0, 0.1) is 0 Å². The Morgan fingerprint density at radius 2 is 2.07 bits per heavy atom. The Kier molecular flexibility index (Phi) is 4.92. The molecule has 2 aliphatic rings. The molecule has 1 aromatic carbocycles. The SMILES string of the molecule is O=C(c1nn(Cc2cc(Cl)cs2)c2c1CSc1ccccc1-2)N1CCOCC1. The van der Waals surface area contributed by atoms with E-state index in [4.69, 9.17) is 21.4 Å². The van der Waals surface area contributed by atoms with Crippen molar-refractivity contribution in [2.24, 2.45) is 0 Å². The lowest BCUT2D eigenvalue weighted by molar-refractivity contribution is 0.0298. The molecule has 144 valence electrons. The number of aromatic nitrogens is 2. The quantitative estimate of drug-likeness (QED) is 0.617. The van der Waals surface area contributed by atoms with Crippen molar-refractivity contribution in [3.63, 3.8) is 0 Å². The van der Waals surface area contributed by atoms with Gasteiger partial charge in [-0.15, -0.1) is 23.1 Å². The van der Waals surface area contributed by atoms with Gasteiger partial charge in [0, 0.05) is 45.1 Å². The molecule has 3 aromatic rings. The van der Waals surface area contributed by atoms with Crippen molar-refractivity contribution in [2.75, 3.05) is 26.3 Å². The standard InChI is InChI=1S/C20H18ClN3O2S2/c21-13-9-14(27-11-13)10-24-19-15-3-1-2-4-17(15)28-12-16(19)18(22-24)20(25)23-5-7-26-8-6-23/h1-4,9,11H,5-8,10,12H2. The number of fused-ring (bicyclic) bond motifs is 3. The van der Waals surface area contributed by atoms with E-state index in [9.17, 15) is 4.79 Å². The molecule has 5 rings (SSSR count). The molecule has 2 aliphatic heterocycles. The lowest BCUT2D eigenvalue weighted by atomic mass is 10.1. The summed E-state index contributed by atoms with van der Waals surface area (Å²) >= 11 is 9.49. The number of morpholine rings is 1. The van der Waals surface area contributed by atoms with E-state index in [-0.39, 0.29) is 5.91 Å². The van der Waals surface area contributed by atoms with E-state index in [0.717, 1.165) is 32.5 Å². The summed E-state index contributed by atoms with van der Waals surface area (Å²) in [5, 5.41) is 7.47. The summed E-state index contributed by atoms with van der Waals surface area (Å²) in [6, 6.07) is 10.3. The topological polar surface area (TPSA) is 47.4 Å². The minimum Gasteiger partial charge on any atom is -0.378 e. The molecular formula is C20H18ClN3O2S2. The Labute approximate surface area is 176 Å². The van der Waals surface area contributed by atoms with Crippen molar-refractivity contribution >= 4 is 40.6 Å². The summed E-state index contributed by atoms with van der Waals surface area (Å²) in [4.78, 5) is 17.4. The van der Waals surface area contributed by atoms with Crippen molar-refractivity contribution in [1.29, 1.82) is 0 Å². The Morgan fingerprint density at radius 3 is 2.86 bits per heavy atom. The van der Waals surface area contributed by atoms with Gasteiger partial charge in [-0.2, -0.15) is 5.10 Å². The minimum absolute atomic E-state index is 0.00231. The Hall–Kier alpha value is -1.80. The number of rotatable bonds is 3. The highest BCUT2D eigenvalue weighted by molar-refractivity contribution is 7.98. The van der Waals surface area contributed by atoms with E-state index in [2.05, 4.69) is 18.2 Å². The largest absolute Gasteiger partial charge is 0.378 e. The van der Waals surface area contributed by atoms with Crippen LogP contribution in [0.3, 0.4) is 0 Å². The van der Waals surface area contributed by atoms with Gasteiger partial charge in [0.15, 0.2) is 5.69 Å². The lowest BCUT2D eigenvalue weighted by Crippen LogP contribution is -2.41. The average molecular weight is 432 g/mol. The fourth-order valence-electron chi connectivity index (χ4n) is 3.66. The molecule has 0 atom stereocenters. The second-order valence-corrected chi connectivity index (χ2v) is 9.20. The van der Waals surface area contributed by atoms with Gasteiger partial charge in [0.1, 0.15) is 0 Å². The van der Waals surface area contributed by atoms with Crippen LogP contribution in [0.1, 0.15) is 20.9 Å². The number of halogens is 1. The molecule has 0 unspecified atom stereocenters. The van der Waals surface area contributed by atoms with Crippen LogP contribution in [0.5, 0.6) is 0 Å². The number of thioether (sulfide) groups is 1. The maximum Gasteiger partial charge on any atom is 0.274 e. The molecule has 28 heavy (non-hydrogen) atoms. The van der Waals surface area contributed by atoms with Gasteiger partial charge in [0.2, 0.25) is 0 Å². The fraction of sp³-hybridized carbons (Fsp3) is 0.300. The van der Waals surface area contributed by atoms with Crippen molar-refractivity contribution in [2.45, 2.75) is 17.2 Å². The van der Waals surface area contributed by atoms with Crippen LogP contribution in [0.25, 0.3) is 11.3 Å². The van der Waals surface area contributed by atoms with Gasteiger partial charge >= 0.3 is 0 Å². The van der Waals surface area contributed by atoms with Crippen molar-refractivity contribution in [1.82, 2.24) is 14.7 Å². The van der Waals surface area contributed by atoms with Gasteiger partial charge in [0.05, 0.1) is 30.5 Å². The number of nitrogens with zero attached hydrogens (tertiary/aromatic N) is 3. The number of hydrogen-bond acceptors (Lipinski definition) is 5. The number of carbonyl (C=O) groups is 1. The third-order valence-corrected chi connectivity index (χ3v) is 7.36. The van der Waals surface area contributed by atoms with E-state index in [0.29, 0.717) is 38.5 Å². The fourth-order valence-corrected chi connectivity index (χ4v) is 5.78. The first-order valence-electron chi connectivity index (χ1n) is 9.12. The number of thiophene rings is 1. The maximum absolute atomic E-state index is 13.2. The number of benzene rings is 1. The third-order valence-electron chi connectivity index (χ3n) is 4.99. The highest BCUT2D eigenvalue weighted by atomic mass is 35.5. The van der Waals surface area contributed by atoms with Crippen molar-refractivity contribution in [3.05, 3.63) is 56.9 Å². The average Bonchev–Trinajstić information content (AvgIpc) is 3.32. The van der Waals surface area contributed by atoms with E-state index in [1.165, 1.54) is 4.90 Å². The molecule has 2 aromatic heterocycles. The summed E-state index contributed by atoms with van der Waals surface area (Å²) in [5.74, 6) is 0.755. The second kappa shape index (κ2) is 7.55. The van der Waals surface area contributed by atoms with E-state index in [1.807, 2.05) is 27.1 Å².